The van der Waals surface area contributed by atoms with Gasteiger partial charge in [0, 0.05) is 50.5 Å². The summed E-state index contributed by atoms with van der Waals surface area (Å²) in [5.74, 6) is 0.854. The third-order valence-corrected chi connectivity index (χ3v) is 6.89. The number of anilines is 1. The first-order valence-electron chi connectivity index (χ1n) is 12.8. The molecule has 2 saturated heterocycles. The van der Waals surface area contributed by atoms with Gasteiger partial charge in [-0.2, -0.15) is 0 Å². The number of hydrogen-bond acceptors (Lipinski definition) is 5. The highest BCUT2D eigenvalue weighted by Gasteiger charge is 2.34. The summed E-state index contributed by atoms with van der Waals surface area (Å²) in [6, 6.07) is 16.4. The van der Waals surface area contributed by atoms with E-state index < -0.39 is 5.60 Å². The van der Waals surface area contributed by atoms with Gasteiger partial charge in [-0.3, -0.25) is 4.79 Å². The molecule has 2 aromatic carbocycles. The van der Waals surface area contributed by atoms with Crippen molar-refractivity contribution in [3.63, 3.8) is 0 Å². The minimum atomic E-state index is -0.536. The summed E-state index contributed by atoms with van der Waals surface area (Å²) in [5.41, 5.74) is 3.63. The Hall–Kier alpha value is -3.55. The fourth-order valence-electron chi connectivity index (χ4n) is 5.05. The Morgan fingerprint density at radius 2 is 1.75 bits per heavy atom. The molecule has 8 heteroatoms. The van der Waals surface area contributed by atoms with Crippen molar-refractivity contribution in [2.75, 3.05) is 44.2 Å². The third kappa shape index (κ3) is 5.32. The molecule has 2 amide bonds. The van der Waals surface area contributed by atoms with Gasteiger partial charge in [0.2, 0.25) is 5.91 Å². The number of piperidine rings is 1. The summed E-state index contributed by atoms with van der Waals surface area (Å²) >= 11 is 0. The van der Waals surface area contributed by atoms with E-state index in [4.69, 9.17) is 9.72 Å². The fourth-order valence-corrected chi connectivity index (χ4v) is 5.05. The van der Waals surface area contributed by atoms with Crippen LogP contribution in [0.15, 0.2) is 48.5 Å². The van der Waals surface area contributed by atoms with Crippen molar-refractivity contribution < 1.29 is 14.3 Å². The number of aromatic amines is 1. The van der Waals surface area contributed by atoms with Crippen LogP contribution in [0.4, 0.5) is 10.5 Å². The predicted molar refractivity (Wildman–Crippen MR) is 141 cm³/mol. The van der Waals surface area contributed by atoms with Crippen LogP contribution in [0, 0.1) is 5.92 Å². The van der Waals surface area contributed by atoms with Crippen molar-refractivity contribution in [1.82, 2.24) is 19.8 Å². The summed E-state index contributed by atoms with van der Waals surface area (Å²) in [4.78, 5) is 39.9. The van der Waals surface area contributed by atoms with E-state index >= 15 is 0 Å². The molecule has 5 rings (SSSR count). The number of nitrogens with one attached hydrogen (secondary N) is 1. The maximum atomic E-state index is 13.3. The van der Waals surface area contributed by atoms with Crippen LogP contribution >= 0.6 is 0 Å². The molecule has 1 unspecified atom stereocenters. The van der Waals surface area contributed by atoms with Crippen LogP contribution in [0.1, 0.15) is 33.6 Å². The number of H-pyrrole nitrogens is 1. The number of carbonyl (C=O) groups excluding carboxylic acids is 2. The molecule has 0 radical (unpaired) electrons. The number of likely N-dealkylation sites (tertiary alicyclic amines) is 1. The van der Waals surface area contributed by atoms with E-state index in [-0.39, 0.29) is 17.9 Å². The van der Waals surface area contributed by atoms with Crippen LogP contribution in [0.3, 0.4) is 0 Å². The van der Waals surface area contributed by atoms with Crippen molar-refractivity contribution in [3.8, 4) is 11.4 Å². The highest BCUT2D eigenvalue weighted by atomic mass is 16.6. The van der Waals surface area contributed by atoms with Crippen LogP contribution < -0.4 is 4.90 Å². The van der Waals surface area contributed by atoms with Gasteiger partial charge in [0.25, 0.3) is 0 Å². The lowest BCUT2D eigenvalue weighted by Crippen LogP contribution is -2.53. The monoisotopic (exact) mass is 489 g/mol. The van der Waals surface area contributed by atoms with Crippen LogP contribution in [-0.2, 0) is 9.53 Å². The Balaban J connectivity index is 1.19. The lowest BCUT2D eigenvalue weighted by molar-refractivity contribution is -0.137. The van der Waals surface area contributed by atoms with Crippen LogP contribution in [0.25, 0.3) is 22.4 Å². The van der Waals surface area contributed by atoms with Crippen LogP contribution in [0.5, 0.6) is 0 Å². The van der Waals surface area contributed by atoms with E-state index in [1.54, 1.807) is 4.90 Å². The first-order valence-corrected chi connectivity index (χ1v) is 12.8. The number of nitrogens with zero attached hydrogens (tertiary/aromatic N) is 4. The minimum Gasteiger partial charge on any atom is -0.444 e. The molecular formula is C28H35N5O3. The number of amides is 2. The Morgan fingerprint density at radius 1 is 0.972 bits per heavy atom. The predicted octanol–water partition coefficient (Wildman–Crippen LogP) is 4.53. The zero-order valence-electron chi connectivity index (χ0n) is 21.4. The van der Waals surface area contributed by atoms with E-state index in [0.717, 1.165) is 54.0 Å². The van der Waals surface area contributed by atoms with Gasteiger partial charge in [0.05, 0.1) is 17.0 Å². The molecular weight excluding hydrogens is 454 g/mol. The molecule has 36 heavy (non-hydrogen) atoms. The normalized spacial score (nSPS) is 19.0. The highest BCUT2D eigenvalue weighted by molar-refractivity contribution is 5.81. The maximum Gasteiger partial charge on any atom is 0.410 e. The molecule has 1 N–H and O–H groups in total. The summed E-state index contributed by atoms with van der Waals surface area (Å²) in [6.45, 7) is 9.58. The van der Waals surface area contributed by atoms with Crippen molar-refractivity contribution in [2.24, 2.45) is 5.92 Å². The number of benzene rings is 2. The Labute approximate surface area is 212 Å². The summed E-state index contributed by atoms with van der Waals surface area (Å²) in [6.07, 6.45) is 1.32. The lowest BCUT2D eigenvalue weighted by atomic mass is 9.96. The SMILES string of the molecule is CC(C)(C)OC(=O)N1CCCC(C(=O)N2CCN(c3cccc(-c4nc5ccccc5[nH]4)c3)CC2)C1. The van der Waals surface area contributed by atoms with Gasteiger partial charge < -0.3 is 24.4 Å². The molecule has 0 spiro atoms. The third-order valence-electron chi connectivity index (χ3n) is 6.89. The molecule has 8 nitrogen and oxygen atoms in total. The molecule has 0 saturated carbocycles. The van der Waals surface area contributed by atoms with Gasteiger partial charge in [-0.05, 0) is 57.9 Å². The van der Waals surface area contributed by atoms with Crippen LogP contribution in [-0.4, -0.2) is 76.6 Å². The number of fused-ring (bicyclic) bond motifs is 1. The zero-order valence-corrected chi connectivity index (χ0v) is 21.4. The smallest absolute Gasteiger partial charge is 0.410 e. The number of piperazine rings is 1. The molecule has 1 aromatic heterocycles. The summed E-state index contributed by atoms with van der Waals surface area (Å²) in [5, 5.41) is 0. The van der Waals surface area contributed by atoms with E-state index in [1.807, 2.05) is 49.9 Å². The molecule has 1 atom stereocenters. The van der Waals surface area contributed by atoms with Crippen molar-refractivity contribution in [3.05, 3.63) is 48.5 Å². The topological polar surface area (TPSA) is 81.8 Å². The molecule has 3 aromatic rings. The number of imidazole rings is 1. The molecule has 3 heterocycles. The molecule has 0 bridgehead atoms. The van der Waals surface area contributed by atoms with E-state index in [0.29, 0.717) is 26.2 Å². The van der Waals surface area contributed by atoms with Crippen molar-refractivity contribution in [2.45, 2.75) is 39.2 Å². The van der Waals surface area contributed by atoms with E-state index in [9.17, 15) is 9.59 Å². The number of aromatic nitrogens is 2. The van der Waals surface area contributed by atoms with Gasteiger partial charge in [-0.15, -0.1) is 0 Å². The second kappa shape index (κ2) is 9.84. The average Bonchev–Trinajstić information content (AvgIpc) is 3.32. The molecule has 2 aliphatic heterocycles. The highest BCUT2D eigenvalue weighted by Crippen LogP contribution is 2.27. The largest absolute Gasteiger partial charge is 0.444 e. The molecule has 2 fully saturated rings. The Bertz CT molecular complexity index is 1210. The Kier molecular flexibility index (Phi) is 6.60. The van der Waals surface area contributed by atoms with Crippen molar-refractivity contribution in [1.29, 1.82) is 0 Å². The van der Waals surface area contributed by atoms with Gasteiger partial charge in [0.15, 0.2) is 0 Å². The van der Waals surface area contributed by atoms with Gasteiger partial charge in [-0.1, -0.05) is 24.3 Å². The number of carbonyl (C=O) groups is 2. The number of hydrogen-bond donors (Lipinski definition) is 1. The Morgan fingerprint density at radius 3 is 2.50 bits per heavy atom. The second-order valence-corrected chi connectivity index (χ2v) is 10.7. The number of ether oxygens (including phenoxy) is 1. The van der Waals surface area contributed by atoms with Crippen LogP contribution in [0.2, 0.25) is 0 Å². The van der Waals surface area contributed by atoms with Gasteiger partial charge in [0.1, 0.15) is 11.4 Å². The first-order chi connectivity index (χ1) is 17.3. The van der Waals surface area contributed by atoms with Gasteiger partial charge in [-0.25, -0.2) is 9.78 Å². The standard InChI is InChI=1S/C28H35N5O3/c1-28(2,3)36-27(35)33-13-7-9-21(19-33)26(34)32-16-14-31(15-17-32)22-10-6-8-20(18-22)25-29-23-11-4-5-12-24(23)30-25/h4-6,8,10-12,18,21H,7,9,13-17,19H2,1-3H3,(H,29,30). The lowest BCUT2D eigenvalue weighted by Gasteiger charge is -2.40. The van der Waals surface area contributed by atoms with Crippen molar-refractivity contribution >= 4 is 28.7 Å². The molecule has 2 aliphatic rings. The fraction of sp³-hybridized carbons (Fsp3) is 0.464. The quantitative estimate of drug-likeness (QED) is 0.585. The first kappa shape index (κ1) is 24.2. The van der Waals surface area contributed by atoms with E-state index in [2.05, 4.69) is 34.1 Å². The second-order valence-electron chi connectivity index (χ2n) is 10.7. The summed E-state index contributed by atoms with van der Waals surface area (Å²) in [7, 11) is 0. The number of para-hydroxylation sites is 2. The molecule has 0 aliphatic carbocycles. The summed E-state index contributed by atoms with van der Waals surface area (Å²) < 4.78 is 5.52. The molecule has 190 valence electrons. The van der Waals surface area contributed by atoms with Gasteiger partial charge >= 0.3 is 6.09 Å². The minimum absolute atomic E-state index is 0.152. The number of rotatable bonds is 3. The zero-order chi connectivity index (χ0) is 25.3. The maximum absolute atomic E-state index is 13.3. The average molecular weight is 490 g/mol. The van der Waals surface area contributed by atoms with E-state index in [1.165, 1.54) is 0 Å².